The Hall–Kier alpha value is -1.44. The average Bonchev–Trinajstić information content (AvgIpc) is 3.27. The molecule has 3 heterocycles. The number of hydroxylamine groups is 1. The van der Waals surface area contributed by atoms with Crippen LogP contribution in [0.5, 0.6) is 0 Å². The molecule has 0 spiro atoms. The van der Waals surface area contributed by atoms with E-state index in [1.165, 1.54) is 22.4 Å². The lowest BCUT2D eigenvalue weighted by Gasteiger charge is -2.16. The quantitative estimate of drug-likeness (QED) is 0.776. The SMILES string of the molecule is O=C(N[C@@H]1CCNC1=O)c1sc(C2CCON2)c2c1CCCC2. The molecule has 3 N–H and O–H groups in total. The van der Waals surface area contributed by atoms with Crippen LogP contribution in [0.3, 0.4) is 0 Å². The van der Waals surface area contributed by atoms with Gasteiger partial charge in [-0.05, 0) is 49.7 Å². The number of hydrogen-bond acceptors (Lipinski definition) is 5. The van der Waals surface area contributed by atoms with E-state index in [-0.39, 0.29) is 23.9 Å². The molecule has 4 rings (SSSR count). The Kier molecular flexibility index (Phi) is 4.09. The molecule has 2 fully saturated rings. The molecule has 3 aliphatic rings. The lowest BCUT2D eigenvalue weighted by Crippen LogP contribution is -2.40. The van der Waals surface area contributed by atoms with Crippen LogP contribution in [0.15, 0.2) is 0 Å². The second-order valence-electron chi connectivity index (χ2n) is 6.37. The standard InChI is InChI=1S/C16H21N3O3S/c20-15-12(5-7-17-15)18-16(21)14-10-4-2-1-3-9(10)13(23-14)11-6-8-22-19-11/h11-12,19H,1-8H2,(H,17,20)(H,18,21)/t11?,12-/m1/s1. The van der Waals surface area contributed by atoms with Crippen molar-refractivity contribution in [2.45, 2.75) is 50.6 Å². The first-order chi connectivity index (χ1) is 11.2. The second kappa shape index (κ2) is 6.22. The smallest absolute Gasteiger partial charge is 0.262 e. The first kappa shape index (κ1) is 15.1. The van der Waals surface area contributed by atoms with E-state index in [0.717, 1.165) is 30.6 Å². The topological polar surface area (TPSA) is 79.5 Å². The van der Waals surface area contributed by atoms with Crippen LogP contribution in [-0.4, -0.2) is 31.0 Å². The van der Waals surface area contributed by atoms with E-state index >= 15 is 0 Å². The maximum atomic E-state index is 12.7. The van der Waals surface area contributed by atoms with E-state index in [0.29, 0.717) is 19.6 Å². The summed E-state index contributed by atoms with van der Waals surface area (Å²) in [6, 6.07) is -0.191. The molecule has 23 heavy (non-hydrogen) atoms. The maximum absolute atomic E-state index is 12.7. The second-order valence-corrected chi connectivity index (χ2v) is 7.43. The maximum Gasteiger partial charge on any atom is 0.262 e. The van der Waals surface area contributed by atoms with Crippen molar-refractivity contribution in [1.82, 2.24) is 16.1 Å². The van der Waals surface area contributed by atoms with Gasteiger partial charge in [0, 0.05) is 11.4 Å². The molecule has 2 amide bonds. The zero-order valence-corrected chi connectivity index (χ0v) is 13.8. The van der Waals surface area contributed by atoms with Gasteiger partial charge < -0.3 is 15.5 Å². The Morgan fingerprint density at radius 2 is 2.04 bits per heavy atom. The number of hydrogen-bond donors (Lipinski definition) is 3. The molecule has 2 atom stereocenters. The van der Waals surface area contributed by atoms with Gasteiger partial charge in [-0.2, -0.15) is 5.48 Å². The van der Waals surface area contributed by atoms with Crippen LogP contribution in [0.4, 0.5) is 0 Å². The van der Waals surface area contributed by atoms with Crippen LogP contribution in [-0.2, 0) is 22.5 Å². The van der Waals surface area contributed by atoms with E-state index < -0.39 is 0 Å². The number of fused-ring (bicyclic) bond motifs is 1. The molecule has 0 aromatic carbocycles. The predicted octanol–water partition coefficient (Wildman–Crippen LogP) is 1.21. The van der Waals surface area contributed by atoms with E-state index in [9.17, 15) is 9.59 Å². The van der Waals surface area contributed by atoms with E-state index in [2.05, 4.69) is 16.1 Å². The molecular weight excluding hydrogens is 314 g/mol. The van der Waals surface area contributed by atoms with Crippen molar-refractivity contribution in [3.63, 3.8) is 0 Å². The van der Waals surface area contributed by atoms with Gasteiger partial charge in [-0.1, -0.05) is 0 Å². The average molecular weight is 335 g/mol. The van der Waals surface area contributed by atoms with Crippen LogP contribution in [0.2, 0.25) is 0 Å². The monoisotopic (exact) mass is 335 g/mol. The lowest BCUT2D eigenvalue weighted by molar-refractivity contribution is -0.120. The highest BCUT2D eigenvalue weighted by molar-refractivity contribution is 7.14. The van der Waals surface area contributed by atoms with Crippen LogP contribution >= 0.6 is 11.3 Å². The fraction of sp³-hybridized carbons (Fsp3) is 0.625. The van der Waals surface area contributed by atoms with Crippen molar-refractivity contribution >= 4 is 23.2 Å². The molecule has 0 bridgehead atoms. The first-order valence-corrected chi connectivity index (χ1v) is 9.16. The minimum Gasteiger partial charge on any atom is -0.354 e. The summed E-state index contributed by atoms with van der Waals surface area (Å²) in [5.41, 5.74) is 5.60. The normalized spacial score (nSPS) is 26.9. The highest BCUT2D eigenvalue weighted by Gasteiger charge is 2.32. The summed E-state index contributed by atoms with van der Waals surface area (Å²) in [4.78, 5) is 31.7. The van der Waals surface area contributed by atoms with Gasteiger partial charge >= 0.3 is 0 Å². The third kappa shape index (κ3) is 2.77. The predicted molar refractivity (Wildman–Crippen MR) is 86.3 cm³/mol. The molecule has 1 aromatic rings. The molecular formula is C16H21N3O3S. The summed E-state index contributed by atoms with van der Waals surface area (Å²) in [6.45, 7) is 1.35. The largest absolute Gasteiger partial charge is 0.354 e. The summed E-state index contributed by atoms with van der Waals surface area (Å²) in [7, 11) is 0. The molecule has 2 saturated heterocycles. The molecule has 1 aliphatic carbocycles. The zero-order valence-electron chi connectivity index (χ0n) is 12.9. The molecule has 0 saturated carbocycles. The highest BCUT2D eigenvalue weighted by atomic mass is 32.1. The number of amides is 2. The van der Waals surface area contributed by atoms with Crippen LogP contribution in [0.25, 0.3) is 0 Å². The van der Waals surface area contributed by atoms with Gasteiger partial charge in [-0.15, -0.1) is 11.3 Å². The minimum atomic E-state index is -0.389. The van der Waals surface area contributed by atoms with Gasteiger partial charge in [0.05, 0.1) is 17.5 Å². The van der Waals surface area contributed by atoms with E-state index in [1.54, 1.807) is 11.3 Å². The fourth-order valence-electron chi connectivity index (χ4n) is 3.66. The van der Waals surface area contributed by atoms with Gasteiger partial charge in [0.15, 0.2) is 0 Å². The van der Waals surface area contributed by atoms with Crippen molar-refractivity contribution in [3.05, 3.63) is 20.9 Å². The summed E-state index contributed by atoms with van der Waals surface area (Å²) < 4.78 is 0. The van der Waals surface area contributed by atoms with Crippen molar-refractivity contribution in [3.8, 4) is 0 Å². The summed E-state index contributed by atoms with van der Waals surface area (Å²) in [5.74, 6) is -0.171. The van der Waals surface area contributed by atoms with E-state index in [4.69, 9.17) is 4.84 Å². The Bertz CT molecular complexity index is 637. The highest BCUT2D eigenvalue weighted by Crippen LogP contribution is 2.39. The van der Waals surface area contributed by atoms with Crippen molar-refractivity contribution in [2.24, 2.45) is 0 Å². The van der Waals surface area contributed by atoms with Crippen molar-refractivity contribution < 1.29 is 14.4 Å². The summed E-state index contributed by atoms with van der Waals surface area (Å²) in [6.07, 6.45) is 5.91. The third-order valence-corrected chi connectivity index (χ3v) is 6.25. The zero-order chi connectivity index (χ0) is 15.8. The van der Waals surface area contributed by atoms with Crippen LogP contribution in [0.1, 0.15) is 57.4 Å². The van der Waals surface area contributed by atoms with Crippen LogP contribution in [0, 0.1) is 0 Å². The minimum absolute atomic E-state index is 0.0742. The number of nitrogens with one attached hydrogen (secondary N) is 3. The molecule has 1 aromatic heterocycles. The third-order valence-electron chi connectivity index (χ3n) is 4.86. The fourth-order valence-corrected chi connectivity index (χ4v) is 5.04. The summed E-state index contributed by atoms with van der Waals surface area (Å²) in [5, 5.41) is 5.67. The van der Waals surface area contributed by atoms with Gasteiger partial charge in [0.25, 0.3) is 5.91 Å². The van der Waals surface area contributed by atoms with Gasteiger partial charge in [0.1, 0.15) is 6.04 Å². The number of carbonyl (C=O) groups is 2. The Labute approximate surface area is 138 Å². The molecule has 6 nitrogen and oxygen atoms in total. The first-order valence-electron chi connectivity index (χ1n) is 8.34. The Balaban J connectivity index is 1.62. The molecule has 0 radical (unpaired) electrons. The number of carbonyl (C=O) groups excluding carboxylic acids is 2. The number of thiophene rings is 1. The Morgan fingerprint density at radius 3 is 2.74 bits per heavy atom. The molecule has 7 heteroatoms. The molecule has 124 valence electrons. The molecule has 1 unspecified atom stereocenters. The van der Waals surface area contributed by atoms with Crippen LogP contribution < -0.4 is 16.1 Å². The lowest BCUT2D eigenvalue weighted by atomic mass is 9.90. The van der Waals surface area contributed by atoms with Gasteiger partial charge in [0.2, 0.25) is 5.91 Å². The Morgan fingerprint density at radius 1 is 1.22 bits per heavy atom. The summed E-state index contributed by atoms with van der Waals surface area (Å²) >= 11 is 1.58. The molecule has 2 aliphatic heterocycles. The van der Waals surface area contributed by atoms with Crippen molar-refractivity contribution in [1.29, 1.82) is 0 Å². The van der Waals surface area contributed by atoms with Crippen molar-refractivity contribution in [2.75, 3.05) is 13.2 Å². The van der Waals surface area contributed by atoms with E-state index in [1.807, 2.05) is 0 Å². The number of rotatable bonds is 3. The van der Waals surface area contributed by atoms with Gasteiger partial charge in [-0.25, -0.2) is 0 Å². The van der Waals surface area contributed by atoms with Gasteiger partial charge in [-0.3, -0.25) is 9.59 Å².